The molecule has 0 aliphatic carbocycles. The molecule has 530 valence electrons. The maximum atomic E-state index is 8.31. The summed E-state index contributed by atoms with van der Waals surface area (Å²) in [5.74, 6) is -4.87. The molecular formula is C64H142O18Si6. The van der Waals surface area contributed by atoms with Gasteiger partial charge in [-0.25, -0.2) is 0 Å². The molecule has 0 rings (SSSR count). The summed E-state index contributed by atoms with van der Waals surface area (Å²) in [6.45, 7) is 25.4. The van der Waals surface area contributed by atoms with E-state index in [1.54, 1.807) is 42.7 Å². The Labute approximate surface area is 552 Å². The predicted molar refractivity (Wildman–Crippen MR) is 374 cm³/mol. The lowest BCUT2D eigenvalue weighted by Gasteiger charge is -2.43. The van der Waals surface area contributed by atoms with Gasteiger partial charge in [-0.3, -0.25) is 0 Å². The zero-order valence-electron chi connectivity index (χ0n) is 60.2. The van der Waals surface area contributed by atoms with Crippen LogP contribution in [-0.2, 0) is 84.3 Å². The summed E-state index contributed by atoms with van der Waals surface area (Å²) in [5, 5.41) is 0. The van der Waals surface area contributed by atoms with Crippen molar-refractivity contribution in [1.82, 2.24) is 0 Å². The van der Waals surface area contributed by atoms with E-state index in [-0.39, 0.29) is 10.2 Å². The van der Waals surface area contributed by atoms with Crippen LogP contribution in [-0.4, -0.2) is 205 Å². The molecule has 0 fully saturated rings. The second-order valence-electron chi connectivity index (χ2n) is 23.2. The van der Waals surface area contributed by atoms with E-state index in [4.69, 9.17) is 84.3 Å². The maximum absolute atomic E-state index is 8.31. The number of unbranched alkanes of at least 4 members (excludes halogenated alkanes) is 15. The van der Waals surface area contributed by atoms with E-state index in [0.29, 0.717) is 78.7 Å². The van der Waals surface area contributed by atoms with Crippen molar-refractivity contribution >= 4 is 55.4 Å². The van der Waals surface area contributed by atoms with E-state index >= 15 is 0 Å². The lowest BCUT2D eigenvalue weighted by atomic mass is 10.1. The second kappa shape index (κ2) is 55.7. The van der Waals surface area contributed by atoms with Gasteiger partial charge in [-0.1, -0.05) is 133 Å². The molecule has 0 N–H and O–H groups in total. The monoisotopic (exact) mass is 1370 g/mol. The van der Waals surface area contributed by atoms with E-state index in [1.165, 1.54) is 88.0 Å². The number of methoxy groups -OCH3 is 6. The first kappa shape index (κ1) is 88.6. The zero-order valence-corrected chi connectivity index (χ0v) is 68.3. The first-order valence-electron chi connectivity index (χ1n) is 35.6. The van der Waals surface area contributed by atoms with Crippen LogP contribution in [0, 0.1) is 0 Å². The average molecular weight is 1370 g/mol. The fourth-order valence-electron chi connectivity index (χ4n) is 12.3. The van der Waals surface area contributed by atoms with Gasteiger partial charge in [0.05, 0.1) is 9.52 Å². The van der Waals surface area contributed by atoms with Crippen LogP contribution in [0.3, 0.4) is 0 Å². The molecule has 3 unspecified atom stereocenters. The van der Waals surface area contributed by atoms with E-state index in [0.717, 1.165) is 89.9 Å². The van der Waals surface area contributed by atoms with Gasteiger partial charge in [-0.15, -0.1) is 0 Å². The molecule has 0 aliphatic heterocycles. The molecule has 24 heteroatoms. The van der Waals surface area contributed by atoms with Crippen molar-refractivity contribution in [2.24, 2.45) is 0 Å². The largest absolute Gasteiger partial charge is 0.461 e. The lowest BCUT2D eigenvalue weighted by Crippen LogP contribution is -2.64. The number of rotatable bonds is 70. The highest BCUT2D eigenvalue weighted by Crippen LogP contribution is 2.31. The molecule has 0 aromatic heterocycles. The Balaban J connectivity index is 7.06. The lowest BCUT2D eigenvalue weighted by molar-refractivity contribution is -0.380. The fraction of sp³-hybridized carbons (Fsp3) is 1.00. The van der Waals surface area contributed by atoms with Crippen molar-refractivity contribution in [2.75, 3.05) is 109 Å². The van der Waals surface area contributed by atoms with Gasteiger partial charge < -0.3 is 84.3 Å². The minimum absolute atomic E-state index is 0.0100. The summed E-state index contributed by atoms with van der Waals surface area (Å²) in [5.41, 5.74) is 0.207. The topological polar surface area (TPSA) is 166 Å². The third kappa shape index (κ3) is 37.8. The van der Waals surface area contributed by atoms with Gasteiger partial charge in [0.25, 0.3) is 29.9 Å². The van der Waals surface area contributed by atoms with Gasteiger partial charge in [-0.05, 0) is 101 Å². The van der Waals surface area contributed by atoms with Gasteiger partial charge in [0.1, 0.15) is 9.04 Å². The van der Waals surface area contributed by atoms with Gasteiger partial charge >= 0.3 is 8.32 Å². The highest BCUT2D eigenvalue weighted by molar-refractivity contribution is 7.15. The van der Waals surface area contributed by atoms with Crippen LogP contribution in [0.1, 0.15) is 236 Å². The Kier molecular flexibility index (Phi) is 56.1. The average Bonchev–Trinajstić information content (AvgIpc) is 1.40. The Bertz CT molecular complexity index is 1470. The van der Waals surface area contributed by atoms with E-state index < -0.39 is 85.3 Å². The Morgan fingerprint density at radius 2 is 0.545 bits per heavy atom. The number of ether oxygens (including phenoxy) is 15. The van der Waals surface area contributed by atoms with Crippen molar-refractivity contribution in [1.29, 1.82) is 0 Å². The molecular weight excluding hydrogens is 1230 g/mol. The Morgan fingerprint density at radius 1 is 0.295 bits per heavy atom. The predicted octanol–water partition coefficient (Wildman–Crippen LogP) is 11.6. The molecule has 0 radical (unpaired) electrons. The zero-order chi connectivity index (χ0) is 65.6. The van der Waals surface area contributed by atoms with Crippen LogP contribution in [0.25, 0.3) is 0 Å². The molecule has 0 bridgehead atoms. The van der Waals surface area contributed by atoms with Crippen molar-refractivity contribution in [2.45, 2.75) is 306 Å². The number of hydrogen-bond donors (Lipinski definition) is 0. The Hall–Kier alpha value is 0.581. The third-order valence-electron chi connectivity index (χ3n) is 16.9. The van der Waals surface area contributed by atoms with Gasteiger partial charge in [0, 0.05) is 180 Å². The van der Waals surface area contributed by atoms with E-state index in [1.807, 2.05) is 69.4 Å². The molecule has 0 aromatic rings. The van der Waals surface area contributed by atoms with Crippen LogP contribution in [0.2, 0.25) is 30.2 Å². The minimum Gasteiger partial charge on any atom is -0.382 e. The summed E-state index contributed by atoms with van der Waals surface area (Å²) >= 11 is 0. The normalized spacial score (nSPS) is 15.4. The fourth-order valence-corrected chi connectivity index (χ4v) is 40.0. The number of hydrogen-bond acceptors (Lipinski definition) is 18. The molecule has 0 amide bonds. The van der Waals surface area contributed by atoms with Crippen molar-refractivity contribution in [3.8, 4) is 0 Å². The first-order chi connectivity index (χ1) is 42.6. The molecule has 0 saturated heterocycles. The van der Waals surface area contributed by atoms with Crippen molar-refractivity contribution in [3.05, 3.63) is 0 Å². The van der Waals surface area contributed by atoms with Crippen LogP contribution in [0.15, 0.2) is 0 Å². The van der Waals surface area contributed by atoms with Gasteiger partial charge in [-0.2, -0.15) is 0 Å². The first-order valence-corrected chi connectivity index (χ1v) is 47.6. The van der Waals surface area contributed by atoms with Crippen LogP contribution < -0.4 is 0 Å². The standard InChI is InChI=1S/C64H142O18Si6/c1-18-58(83-53-46-41-52-63(78-25-8,79-26-9)80-27-10)81-88(71-17,87-57-45-35-31-29-28-30-32-39-50-61(72-19-2,73-20-3)74-21-4)82-64(86-56-47-42-49-60(68-14,69-15)70-16,84-54-43-36-33-38-48-59(65-11,66-12)67-13)85-55-44-37-34-40-51-62(75-22-5,76-23-6)77-24-7/h58H,18-57,83-87H2,1-17H3. The van der Waals surface area contributed by atoms with Gasteiger partial charge in [0.15, 0.2) is 0 Å². The SMILES string of the molecule is CCOC(CCCCCCCCCC[SiH2][Si](OC)(OC(CC)[SiH2]CCCCC(OCC)(OCC)OCC)OC([SiH2]CCCCCCC(OC)(OC)OC)([SiH2]CCCCCCC(OCC)(OCC)OCC)[SiH2]CCCCC(OC)(OC)OC)(OCC)OCC. The van der Waals surface area contributed by atoms with E-state index in [2.05, 4.69) is 6.92 Å². The van der Waals surface area contributed by atoms with Crippen LogP contribution >= 0.6 is 0 Å². The molecule has 0 saturated carbocycles. The Morgan fingerprint density at radius 3 is 0.830 bits per heavy atom. The summed E-state index contributed by atoms with van der Waals surface area (Å²) in [4.78, 5) is 0. The second-order valence-corrected chi connectivity index (χ2v) is 43.4. The molecule has 0 spiro atoms. The maximum Gasteiger partial charge on any atom is 0.461 e. The summed E-state index contributed by atoms with van der Waals surface area (Å²) in [6.07, 6.45) is 27.2. The summed E-state index contributed by atoms with van der Waals surface area (Å²) in [7, 11) is 5.21. The summed E-state index contributed by atoms with van der Waals surface area (Å²) < 4.78 is 112. The molecule has 3 atom stereocenters. The van der Waals surface area contributed by atoms with E-state index in [9.17, 15) is 0 Å². The third-order valence-corrected chi connectivity index (χ3v) is 40.8. The molecule has 0 aliphatic rings. The summed E-state index contributed by atoms with van der Waals surface area (Å²) in [6, 6.07) is 6.10. The highest BCUT2D eigenvalue weighted by atomic mass is 29.2. The quantitative estimate of drug-likeness (QED) is 0.0320. The molecule has 18 nitrogen and oxygen atoms in total. The van der Waals surface area contributed by atoms with Crippen LogP contribution in [0.5, 0.6) is 0 Å². The molecule has 0 aromatic carbocycles. The molecule has 0 heterocycles. The van der Waals surface area contributed by atoms with Crippen molar-refractivity contribution < 1.29 is 84.3 Å². The molecule has 88 heavy (non-hydrogen) atoms. The highest BCUT2D eigenvalue weighted by Gasteiger charge is 2.48. The smallest absolute Gasteiger partial charge is 0.382 e. The van der Waals surface area contributed by atoms with Gasteiger partial charge in [0.2, 0.25) is 0 Å². The van der Waals surface area contributed by atoms with Crippen molar-refractivity contribution in [3.63, 3.8) is 0 Å². The van der Waals surface area contributed by atoms with Crippen LogP contribution in [0.4, 0.5) is 0 Å². The minimum atomic E-state index is -3.06.